The third kappa shape index (κ3) is 5.72. The van der Waals surface area contributed by atoms with Crippen LogP contribution in [0.4, 0.5) is 5.69 Å². The average Bonchev–Trinajstić information content (AvgIpc) is 3.43. The van der Waals surface area contributed by atoms with Crippen molar-refractivity contribution in [3.05, 3.63) is 90.9 Å². The number of hydrogen-bond acceptors (Lipinski definition) is 6. The van der Waals surface area contributed by atoms with Crippen LogP contribution >= 0.6 is 11.8 Å². The van der Waals surface area contributed by atoms with Gasteiger partial charge in [0.25, 0.3) is 0 Å². The summed E-state index contributed by atoms with van der Waals surface area (Å²) >= 11 is 1.32. The van der Waals surface area contributed by atoms with E-state index in [-0.39, 0.29) is 11.7 Å². The lowest BCUT2D eigenvalue weighted by Crippen LogP contribution is -2.14. The summed E-state index contributed by atoms with van der Waals surface area (Å²) in [7, 11) is 0. The second-order valence-electron chi connectivity index (χ2n) is 7.23. The molecule has 7 nitrogen and oxygen atoms in total. The summed E-state index contributed by atoms with van der Waals surface area (Å²) < 4.78 is 13.1. The van der Waals surface area contributed by atoms with Gasteiger partial charge in [0.05, 0.1) is 17.6 Å². The van der Waals surface area contributed by atoms with Crippen molar-refractivity contribution in [1.29, 1.82) is 0 Å². The molecule has 0 bridgehead atoms. The number of allylic oxidation sites excluding steroid dienone is 1. The summed E-state index contributed by atoms with van der Waals surface area (Å²) in [6.45, 7) is 6.71. The van der Waals surface area contributed by atoms with Crippen molar-refractivity contribution in [3.8, 4) is 17.1 Å². The van der Waals surface area contributed by atoms with E-state index in [1.165, 1.54) is 11.8 Å². The Bertz CT molecular complexity index is 1220. The highest BCUT2D eigenvalue weighted by Crippen LogP contribution is 2.27. The van der Waals surface area contributed by atoms with Gasteiger partial charge in [0.15, 0.2) is 11.0 Å². The first-order valence-electron chi connectivity index (χ1n) is 10.4. The number of thioether (sulfide) groups is 1. The Morgan fingerprint density at radius 2 is 1.94 bits per heavy atom. The van der Waals surface area contributed by atoms with Crippen LogP contribution < -0.4 is 10.1 Å². The summed E-state index contributed by atoms with van der Waals surface area (Å²) in [5.41, 5.74) is 2.67. The summed E-state index contributed by atoms with van der Waals surface area (Å²) in [6.07, 6.45) is 3.39. The van der Waals surface area contributed by atoms with Gasteiger partial charge in [-0.05, 0) is 42.8 Å². The zero-order chi connectivity index (χ0) is 23.0. The van der Waals surface area contributed by atoms with Crippen molar-refractivity contribution in [1.82, 2.24) is 14.8 Å². The van der Waals surface area contributed by atoms with Gasteiger partial charge in [0, 0.05) is 12.2 Å². The number of nitrogens with one attached hydrogen (secondary N) is 1. The van der Waals surface area contributed by atoms with Crippen LogP contribution in [0.15, 0.2) is 89.2 Å². The molecule has 1 amide bonds. The van der Waals surface area contributed by atoms with E-state index >= 15 is 0 Å². The van der Waals surface area contributed by atoms with Gasteiger partial charge in [0.1, 0.15) is 18.1 Å². The largest absolute Gasteiger partial charge is 0.489 e. The maximum Gasteiger partial charge on any atom is 0.234 e. The number of nitrogens with zero attached hydrogens (tertiary/aromatic N) is 3. The highest BCUT2D eigenvalue weighted by Gasteiger charge is 2.17. The Morgan fingerprint density at radius 3 is 2.64 bits per heavy atom. The van der Waals surface area contributed by atoms with Gasteiger partial charge < -0.3 is 14.5 Å². The smallest absolute Gasteiger partial charge is 0.234 e. The first-order chi connectivity index (χ1) is 16.1. The highest BCUT2D eigenvalue weighted by atomic mass is 32.2. The molecule has 0 radical (unpaired) electrons. The normalized spacial score (nSPS) is 10.7. The molecule has 0 saturated carbocycles. The van der Waals surface area contributed by atoms with E-state index in [4.69, 9.17) is 9.15 Å². The fourth-order valence-corrected chi connectivity index (χ4v) is 3.96. The summed E-state index contributed by atoms with van der Waals surface area (Å²) in [5, 5.41) is 12.1. The Hall–Kier alpha value is -3.78. The minimum atomic E-state index is -0.132. The third-order valence-corrected chi connectivity index (χ3v) is 5.81. The topological polar surface area (TPSA) is 82.2 Å². The van der Waals surface area contributed by atoms with Crippen LogP contribution in [0.1, 0.15) is 11.3 Å². The number of aromatic nitrogens is 3. The first kappa shape index (κ1) is 22.4. The Labute approximate surface area is 196 Å². The van der Waals surface area contributed by atoms with Crippen LogP contribution in [0.25, 0.3) is 11.4 Å². The predicted molar refractivity (Wildman–Crippen MR) is 129 cm³/mol. The molecule has 0 aliphatic rings. The quantitative estimate of drug-likeness (QED) is 0.254. The fourth-order valence-electron chi connectivity index (χ4n) is 3.21. The maximum atomic E-state index is 12.5. The van der Waals surface area contributed by atoms with Gasteiger partial charge >= 0.3 is 0 Å². The second kappa shape index (κ2) is 10.7. The molecule has 2 aromatic carbocycles. The van der Waals surface area contributed by atoms with Gasteiger partial charge in [-0.3, -0.25) is 9.36 Å². The van der Waals surface area contributed by atoms with E-state index in [0.717, 1.165) is 22.6 Å². The van der Waals surface area contributed by atoms with E-state index in [2.05, 4.69) is 22.1 Å². The number of carbonyl (C=O) groups is 1. The molecular formula is C25H24N4O3S. The molecule has 0 aliphatic carbocycles. The molecule has 168 valence electrons. The molecule has 4 aromatic rings. The van der Waals surface area contributed by atoms with Crippen LogP contribution in [0.3, 0.4) is 0 Å². The predicted octanol–water partition coefficient (Wildman–Crippen LogP) is 5.34. The molecule has 2 heterocycles. The lowest BCUT2D eigenvalue weighted by molar-refractivity contribution is -0.113. The van der Waals surface area contributed by atoms with Crippen LogP contribution in [-0.2, 0) is 17.9 Å². The van der Waals surface area contributed by atoms with Crippen molar-refractivity contribution in [2.75, 3.05) is 11.1 Å². The fraction of sp³-hybridized carbons (Fsp3) is 0.160. The van der Waals surface area contributed by atoms with Gasteiger partial charge in [-0.1, -0.05) is 48.2 Å². The molecular weight excluding hydrogens is 436 g/mol. The van der Waals surface area contributed by atoms with Gasteiger partial charge in [-0.15, -0.1) is 16.8 Å². The number of aryl methyl sites for hydroxylation is 1. The summed E-state index contributed by atoms with van der Waals surface area (Å²) in [5.74, 6) is 2.26. The molecule has 0 spiro atoms. The van der Waals surface area contributed by atoms with E-state index in [0.29, 0.717) is 29.8 Å². The number of amides is 1. The van der Waals surface area contributed by atoms with E-state index < -0.39 is 0 Å². The number of furan rings is 1. The monoisotopic (exact) mass is 460 g/mol. The molecule has 33 heavy (non-hydrogen) atoms. The Morgan fingerprint density at radius 1 is 1.15 bits per heavy atom. The first-order valence-corrected chi connectivity index (χ1v) is 11.4. The van der Waals surface area contributed by atoms with E-state index in [1.807, 2.05) is 72.2 Å². The second-order valence-corrected chi connectivity index (χ2v) is 8.17. The lowest BCUT2D eigenvalue weighted by Gasteiger charge is -2.09. The molecule has 8 heteroatoms. The van der Waals surface area contributed by atoms with E-state index in [9.17, 15) is 4.79 Å². The maximum absolute atomic E-state index is 12.5. The Balaban J connectivity index is 1.32. The molecule has 2 aromatic heterocycles. The standard InChI is InChI=1S/C25H24N4O3S/c1-3-14-29-24(22-13-15-31-18(22)2)27-28-25(29)33-17-23(30)26-20-9-11-21(12-10-20)32-16-19-7-5-4-6-8-19/h3-13,15H,1,14,16-17H2,2H3,(H,26,30). The zero-order valence-electron chi connectivity index (χ0n) is 18.2. The molecule has 0 unspecified atom stereocenters. The molecule has 0 saturated heterocycles. The van der Waals surface area contributed by atoms with Crippen molar-refractivity contribution in [2.24, 2.45) is 0 Å². The number of rotatable bonds is 10. The average molecular weight is 461 g/mol. The third-order valence-electron chi connectivity index (χ3n) is 4.85. The van der Waals surface area contributed by atoms with Crippen molar-refractivity contribution < 1.29 is 13.9 Å². The van der Waals surface area contributed by atoms with Crippen LogP contribution in [0.5, 0.6) is 5.75 Å². The van der Waals surface area contributed by atoms with Crippen LogP contribution in [0.2, 0.25) is 0 Å². The van der Waals surface area contributed by atoms with Crippen LogP contribution in [0, 0.1) is 6.92 Å². The van der Waals surface area contributed by atoms with Crippen molar-refractivity contribution in [2.45, 2.75) is 25.2 Å². The highest BCUT2D eigenvalue weighted by molar-refractivity contribution is 7.99. The van der Waals surface area contributed by atoms with Gasteiger partial charge in [0.2, 0.25) is 5.91 Å². The van der Waals surface area contributed by atoms with Gasteiger partial charge in [-0.2, -0.15) is 0 Å². The SMILES string of the molecule is C=CCn1c(SCC(=O)Nc2ccc(OCc3ccccc3)cc2)nnc1-c1ccoc1C. The van der Waals surface area contributed by atoms with Crippen molar-refractivity contribution in [3.63, 3.8) is 0 Å². The number of anilines is 1. The zero-order valence-corrected chi connectivity index (χ0v) is 19.0. The number of ether oxygens (including phenoxy) is 1. The lowest BCUT2D eigenvalue weighted by atomic mass is 10.2. The van der Waals surface area contributed by atoms with Gasteiger partial charge in [-0.25, -0.2) is 0 Å². The van der Waals surface area contributed by atoms with Crippen LogP contribution in [-0.4, -0.2) is 26.4 Å². The number of carbonyl (C=O) groups excluding carboxylic acids is 1. The van der Waals surface area contributed by atoms with E-state index in [1.54, 1.807) is 12.3 Å². The molecule has 0 atom stereocenters. The Kier molecular flexibility index (Phi) is 7.26. The summed E-state index contributed by atoms with van der Waals surface area (Å²) in [4.78, 5) is 12.5. The number of hydrogen-bond donors (Lipinski definition) is 1. The molecule has 0 aliphatic heterocycles. The minimum Gasteiger partial charge on any atom is -0.489 e. The summed E-state index contributed by atoms with van der Waals surface area (Å²) in [6, 6.07) is 19.1. The molecule has 0 fully saturated rings. The number of benzene rings is 2. The van der Waals surface area contributed by atoms with Crippen molar-refractivity contribution >= 4 is 23.4 Å². The molecule has 1 N–H and O–H groups in total. The minimum absolute atomic E-state index is 0.132. The molecule has 4 rings (SSSR count).